The van der Waals surface area contributed by atoms with Crippen molar-refractivity contribution in [3.63, 3.8) is 0 Å². The molecule has 14 heavy (non-hydrogen) atoms. The molecule has 0 aromatic heterocycles. The number of hydrogen-bond acceptors (Lipinski definition) is 1. The predicted molar refractivity (Wildman–Crippen MR) is 59.0 cm³/mol. The van der Waals surface area contributed by atoms with Crippen LogP contribution >= 0.6 is 0 Å². The summed E-state index contributed by atoms with van der Waals surface area (Å²) in [6, 6.07) is 8.06. The number of hydrogen-bond donors (Lipinski definition) is 1. The van der Waals surface area contributed by atoms with Crippen LogP contribution < -0.4 is 0 Å². The summed E-state index contributed by atoms with van der Waals surface area (Å²) in [5.74, 6) is 5.98. The molecule has 0 bridgehead atoms. The van der Waals surface area contributed by atoms with Gasteiger partial charge >= 0.3 is 0 Å². The molecule has 1 nitrogen and oxygen atoms in total. The highest BCUT2D eigenvalue weighted by molar-refractivity contribution is 5.35. The monoisotopic (exact) mass is 188 g/mol. The molecule has 0 spiro atoms. The highest BCUT2D eigenvalue weighted by Gasteiger charge is 2.08. The van der Waals surface area contributed by atoms with Crippen molar-refractivity contribution in [1.82, 2.24) is 0 Å². The van der Waals surface area contributed by atoms with E-state index in [1.165, 1.54) is 5.56 Å². The Hall–Kier alpha value is -1.26. The maximum atomic E-state index is 9.44. The Balaban J connectivity index is 2.64. The number of aliphatic hydroxyl groups is 1. The van der Waals surface area contributed by atoms with E-state index in [1.807, 2.05) is 31.2 Å². The Labute approximate surface area is 85.8 Å². The molecular formula is C13H16O. The van der Waals surface area contributed by atoms with Crippen LogP contribution in [0.15, 0.2) is 24.3 Å². The van der Waals surface area contributed by atoms with Crippen LogP contribution in [-0.2, 0) is 0 Å². The van der Waals surface area contributed by atoms with Gasteiger partial charge in [-0.3, -0.25) is 0 Å². The maximum absolute atomic E-state index is 9.44. The van der Waals surface area contributed by atoms with E-state index in [-0.39, 0.29) is 0 Å². The quantitative estimate of drug-likeness (QED) is 0.671. The summed E-state index contributed by atoms with van der Waals surface area (Å²) >= 11 is 0. The maximum Gasteiger partial charge on any atom is 0.0700 e. The zero-order valence-corrected chi connectivity index (χ0v) is 8.96. The molecule has 1 aromatic rings. The van der Waals surface area contributed by atoms with E-state index < -0.39 is 5.60 Å². The average molecular weight is 188 g/mol. The van der Waals surface area contributed by atoms with Crippen LogP contribution in [0.25, 0.3) is 0 Å². The highest BCUT2D eigenvalue weighted by atomic mass is 16.3. The van der Waals surface area contributed by atoms with Crippen molar-refractivity contribution in [2.24, 2.45) is 0 Å². The van der Waals surface area contributed by atoms with Crippen LogP contribution in [0, 0.1) is 18.8 Å². The van der Waals surface area contributed by atoms with Crippen LogP contribution in [-0.4, -0.2) is 10.7 Å². The van der Waals surface area contributed by atoms with Gasteiger partial charge in [0.1, 0.15) is 0 Å². The third kappa shape index (κ3) is 4.11. The first-order valence-electron chi connectivity index (χ1n) is 4.75. The fourth-order valence-corrected chi connectivity index (χ4v) is 0.999. The molecule has 1 heteroatoms. The summed E-state index contributed by atoms with van der Waals surface area (Å²) in [5.41, 5.74) is 1.54. The lowest BCUT2D eigenvalue weighted by molar-refractivity contribution is 0.0862. The Bertz CT molecular complexity index is 344. The van der Waals surface area contributed by atoms with E-state index >= 15 is 0 Å². The standard InChI is InChI=1S/C13H16O/c1-11-6-8-12(9-7-11)5-4-10-13(2,3)14/h6-9,14H,10H2,1-3H3. The van der Waals surface area contributed by atoms with E-state index in [1.54, 1.807) is 13.8 Å². The van der Waals surface area contributed by atoms with Crippen LogP contribution in [0.4, 0.5) is 0 Å². The molecule has 0 heterocycles. The predicted octanol–water partition coefficient (Wildman–Crippen LogP) is 2.51. The van der Waals surface area contributed by atoms with Gasteiger partial charge in [0, 0.05) is 12.0 Å². The molecule has 0 fully saturated rings. The van der Waals surface area contributed by atoms with Crippen LogP contribution in [0.3, 0.4) is 0 Å². The summed E-state index contributed by atoms with van der Waals surface area (Å²) in [6.45, 7) is 5.57. The second-order valence-corrected chi connectivity index (χ2v) is 4.16. The SMILES string of the molecule is Cc1ccc(C#CCC(C)(C)O)cc1. The summed E-state index contributed by atoms with van der Waals surface area (Å²) in [7, 11) is 0. The zero-order chi connectivity index (χ0) is 10.6. The molecule has 0 amide bonds. The minimum atomic E-state index is -0.697. The first kappa shape index (κ1) is 10.8. The molecule has 0 saturated carbocycles. The third-order valence-corrected chi connectivity index (χ3v) is 1.81. The minimum Gasteiger partial charge on any atom is -0.389 e. The molecule has 1 N–H and O–H groups in total. The van der Waals surface area contributed by atoms with Gasteiger partial charge in [0.05, 0.1) is 5.60 Å². The second kappa shape index (κ2) is 4.30. The molecule has 0 saturated heterocycles. The van der Waals surface area contributed by atoms with Gasteiger partial charge in [0.25, 0.3) is 0 Å². The summed E-state index contributed by atoms with van der Waals surface area (Å²) in [4.78, 5) is 0. The molecule has 0 atom stereocenters. The van der Waals surface area contributed by atoms with E-state index in [0.717, 1.165) is 5.56 Å². The lowest BCUT2D eigenvalue weighted by atomic mass is 10.1. The molecule has 0 aliphatic rings. The van der Waals surface area contributed by atoms with E-state index in [4.69, 9.17) is 0 Å². The van der Waals surface area contributed by atoms with Crippen molar-refractivity contribution in [2.45, 2.75) is 32.8 Å². The van der Waals surface area contributed by atoms with Gasteiger partial charge in [-0.1, -0.05) is 29.5 Å². The first-order chi connectivity index (χ1) is 6.47. The van der Waals surface area contributed by atoms with Crippen molar-refractivity contribution in [3.05, 3.63) is 35.4 Å². The fourth-order valence-electron chi connectivity index (χ4n) is 0.999. The highest BCUT2D eigenvalue weighted by Crippen LogP contribution is 2.06. The minimum absolute atomic E-state index is 0.501. The Morgan fingerprint density at radius 2 is 1.79 bits per heavy atom. The van der Waals surface area contributed by atoms with Crippen molar-refractivity contribution >= 4 is 0 Å². The van der Waals surface area contributed by atoms with E-state index in [2.05, 4.69) is 11.8 Å². The first-order valence-corrected chi connectivity index (χ1v) is 4.75. The van der Waals surface area contributed by atoms with E-state index in [9.17, 15) is 5.11 Å². The smallest absolute Gasteiger partial charge is 0.0700 e. The number of aryl methyl sites for hydroxylation is 1. The molecule has 0 aliphatic carbocycles. The van der Waals surface area contributed by atoms with Crippen molar-refractivity contribution in [3.8, 4) is 11.8 Å². The average Bonchev–Trinajstić information content (AvgIpc) is 2.06. The molecular weight excluding hydrogens is 172 g/mol. The summed E-state index contributed by atoms with van der Waals surface area (Å²) < 4.78 is 0. The largest absolute Gasteiger partial charge is 0.389 e. The Morgan fingerprint density at radius 3 is 2.29 bits per heavy atom. The lowest BCUT2D eigenvalue weighted by Gasteiger charge is -2.11. The Morgan fingerprint density at radius 1 is 1.21 bits per heavy atom. The van der Waals surface area contributed by atoms with E-state index in [0.29, 0.717) is 6.42 Å². The number of rotatable bonds is 1. The topological polar surface area (TPSA) is 20.2 Å². The van der Waals surface area contributed by atoms with Gasteiger partial charge < -0.3 is 5.11 Å². The van der Waals surface area contributed by atoms with Crippen LogP contribution in [0.2, 0.25) is 0 Å². The molecule has 0 aliphatic heterocycles. The Kier molecular flexibility index (Phi) is 3.33. The molecule has 0 radical (unpaired) electrons. The van der Waals surface area contributed by atoms with Gasteiger partial charge in [-0.25, -0.2) is 0 Å². The molecule has 0 unspecified atom stereocenters. The molecule has 1 aromatic carbocycles. The third-order valence-electron chi connectivity index (χ3n) is 1.81. The van der Waals surface area contributed by atoms with Crippen molar-refractivity contribution < 1.29 is 5.11 Å². The normalized spacial score (nSPS) is 10.6. The molecule has 74 valence electrons. The number of benzene rings is 1. The second-order valence-electron chi connectivity index (χ2n) is 4.16. The van der Waals surface area contributed by atoms with Gasteiger partial charge in [-0.05, 0) is 32.9 Å². The van der Waals surface area contributed by atoms with Gasteiger partial charge in [-0.15, -0.1) is 0 Å². The van der Waals surface area contributed by atoms with Gasteiger partial charge in [-0.2, -0.15) is 0 Å². The van der Waals surface area contributed by atoms with Gasteiger partial charge in [0.15, 0.2) is 0 Å². The van der Waals surface area contributed by atoms with Gasteiger partial charge in [0.2, 0.25) is 0 Å². The zero-order valence-electron chi connectivity index (χ0n) is 8.96. The van der Waals surface area contributed by atoms with Crippen LogP contribution in [0.5, 0.6) is 0 Å². The summed E-state index contributed by atoms with van der Waals surface area (Å²) in [6.07, 6.45) is 0.501. The fraction of sp³-hybridized carbons (Fsp3) is 0.385. The van der Waals surface area contributed by atoms with Crippen molar-refractivity contribution in [2.75, 3.05) is 0 Å². The lowest BCUT2D eigenvalue weighted by Crippen LogP contribution is -2.16. The van der Waals surface area contributed by atoms with Crippen molar-refractivity contribution in [1.29, 1.82) is 0 Å². The van der Waals surface area contributed by atoms with Crippen LogP contribution in [0.1, 0.15) is 31.4 Å². The molecule has 1 rings (SSSR count). The summed E-state index contributed by atoms with van der Waals surface area (Å²) in [5, 5.41) is 9.44.